The predicted molar refractivity (Wildman–Crippen MR) is 62.1 cm³/mol. The van der Waals surface area contributed by atoms with E-state index < -0.39 is 0 Å². The summed E-state index contributed by atoms with van der Waals surface area (Å²) < 4.78 is 5.64. The van der Waals surface area contributed by atoms with Gasteiger partial charge in [0.05, 0.1) is 17.3 Å². The van der Waals surface area contributed by atoms with Gasteiger partial charge in [0.15, 0.2) is 0 Å². The van der Waals surface area contributed by atoms with Crippen molar-refractivity contribution in [3.05, 3.63) is 16.1 Å². The molecule has 0 bridgehead atoms. The van der Waals surface area contributed by atoms with E-state index in [0.717, 1.165) is 18.8 Å². The second kappa shape index (κ2) is 5.05. The lowest BCUT2D eigenvalue weighted by molar-refractivity contribution is 0.0832. The lowest BCUT2D eigenvalue weighted by Gasteiger charge is -2.19. The Hall–Kier alpha value is -0.450. The predicted octanol–water partition coefficient (Wildman–Crippen LogP) is 2.11. The summed E-state index contributed by atoms with van der Waals surface area (Å²) in [7, 11) is 0. The first-order valence-electron chi connectivity index (χ1n) is 5.51. The number of ether oxygens (including phenoxy) is 1. The fourth-order valence-corrected chi connectivity index (χ4v) is 2.61. The number of nitrogens with zero attached hydrogens (tertiary/aromatic N) is 1. The van der Waals surface area contributed by atoms with E-state index in [0.29, 0.717) is 12.1 Å². The van der Waals surface area contributed by atoms with E-state index in [2.05, 4.69) is 24.1 Å². The summed E-state index contributed by atoms with van der Waals surface area (Å²) in [4.78, 5) is 5.57. The molecular formula is C11H18N2OS. The van der Waals surface area contributed by atoms with Gasteiger partial charge in [-0.2, -0.15) is 0 Å². The summed E-state index contributed by atoms with van der Waals surface area (Å²) >= 11 is 1.72. The number of aryl methyl sites for hydroxylation is 1. The zero-order valence-electron chi connectivity index (χ0n) is 9.32. The van der Waals surface area contributed by atoms with Crippen LogP contribution in [0.3, 0.4) is 0 Å². The van der Waals surface area contributed by atoms with Crippen molar-refractivity contribution < 1.29 is 4.74 Å². The van der Waals surface area contributed by atoms with Crippen LogP contribution >= 0.6 is 11.3 Å². The zero-order valence-corrected chi connectivity index (χ0v) is 10.1. The molecule has 2 atom stereocenters. The molecule has 1 aromatic rings. The molecule has 0 radical (unpaired) electrons. The van der Waals surface area contributed by atoms with E-state index >= 15 is 0 Å². The van der Waals surface area contributed by atoms with Gasteiger partial charge in [-0.3, -0.25) is 0 Å². The van der Waals surface area contributed by atoms with E-state index in [1.165, 1.54) is 17.7 Å². The molecule has 1 aliphatic heterocycles. The van der Waals surface area contributed by atoms with Gasteiger partial charge in [-0.05, 0) is 26.7 Å². The second-order valence-electron chi connectivity index (χ2n) is 4.08. The second-order valence-corrected chi connectivity index (χ2v) is 5.02. The molecule has 0 aromatic carbocycles. The Kier molecular flexibility index (Phi) is 3.72. The van der Waals surface area contributed by atoms with Crippen LogP contribution in [0.25, 0.3) is 0 Å². The molecule has 2 unspecified atom stereocenters. The minimum Gasteiger partial charge on any atom is -0.377 e. The minimum absolute atomic E-state index is 0.401. The third kappa shape index (κ3) is 2.77. The highest BCUT2D eigenvalue weighted by Gasteiger charge is 2.21. The average Bonchev–Trinajstić information content (AvgIpc) is 2.85. The molecule has 1 aromatic heterocycles. The first-order chi connectivity index (χ1) is 7.27. The van der Waals surface area contributed by atoms with Crippen molar-refractivity contribution >= 4 is 11.3 Å². The Morgan fingerprint density at radius 3 is 3.20 bits per heavy atom. The third-order valence-corrected chi connectivity index (χ3v) is 3.89. The Morgan fingerprint density at radius 2 is 2.60 bits per heavy atom. The maximum Gasteiger partial charge on any atom is 0.0798 e. The first kappa shape index (κ1) is 11.0. The summed E-state index contributed by atoms with van der Waals surface area (Å²) in [6.45, 7) is 6.10. The third-order valence-electron chi connectivity index (χ3n) is 2.95. The molecule has 15 heavy (non-hydrogen) atoms. The normalized spacial score (nSPS) is 23.2. The molecule has 2 rings (SSSR count). The summed E-state index contributed by atoms with van der Waals surface area (Å²) in [5.41, 5.74) is 3.05. The fraction of sp³-hybridized carbons (Fsp3) is 0.727. The highest BCUT2D eigenvalue weighted by molar-refractivity contribution is 7.09. The van der Waals surface area contributed by atoms with Crippen LogP contribution in [0.4, 0.5) is 0 Å². The first-order valence-corrected chi connectivity index (χ1v) is 6.39. The average molecular weight is 226 g/mol. The van der Waals surface area contributed by atoms with Crippen LogP contribution in [0.1, 0.15) is 30.3 Å². The number of rotatable bonds is 4. The van der Waals surface area contributed by atoms with Gasteiger partial charge in [-0.1, -0.05) is 0 Å². The molecule has 2 heterocycles. The topological polar surface area (TPSA) is 34.2 Å². The number of aromatic nitrogens is 1. The number of nitrogens with one attached hydrogen (secondary N) is 1. The van der Waals surface area contributed by atoms with Crippen molar-refractivity contribution in [3.8, 4) is 0 Å². The molecule has 1 N–H and O–H groups in total. The van der Waals surface area contributed by atoms with Crippen LogP contribution in [0.5, 0.6) is 0 Å². The van der Waals surface area contributed by atoms with Crippen molar-refractivity contribution in [1.29, 1.82) is 0 Å². The molecular weight excluding hydrogens is 208 g/mol. The standard InChI is InChI=1S/C11H18N2OS/c1-8(10-4-3-5-14-10)12-6-11-9(2)13-7-15-11/h7-8,10,12H,3-6H2,1-2H3. The van der Waals surface area contributed by atoms with Crippen molar-refractivity contribution in [2.75, 3.05) is 6.61 Å². The molecule has 1 saturated heterocycles. The molecule has 1 fully saturated rings. The van der Waals surface area contributed by atoms with E-state index in [9.17, 15) is 0 Å². The molecule has 3 nitrogen and oxygen atoms in total. The van der Waals surface area contributed by atoms with Crippen molar-refractivity contribution in [1.82, 2.24) is 10.3 Å². The van der Waals surface area contributed by atoms with Gasteiger partial charge in [-0.15, -0.1) is 11.3 Å². The van der Waals surface area contributed by atoms with Crippen molar-refractivity contribution in [2.24, 2.45) is 0 Å². The SMILES string of the molecule is Cc1ncsc1CNC(C)C1CCCO1. The van der Waals surface area contributed by atoms with Crippen LogP contribution in [-0.2, 0) is 11.3 Å². The molecule has 0 aliphatic carbocycles. The Bertz CT molecular complexity index is 307. The maximum atomic E-state index is 5.64. The lowest BCUT2D eigenvalue weighted by Crippen LogP contribution is -2.36. The molecule has 0 saturated carbocycles. The van der Waals surface area contributed by atoms with E-state index in [1.54, 1.807) is 11.3 Å². The van der Waals surface area contributed by atoms with Crippen LogP contribution in [0, 0.1) is 6.92 Å². The van der Waals surface area contributed by atoms with E-state index in [1.807, 2.05) is 5.51 Å². The van der Waals surface area contributed by atoms with Crippen LogP contribution in [0.2, 0.25) is 0 Å². The van der Waals surface area contributed by atoms with Crippen LogP contribution < -0.4 is 5.32 Å². The Balaban J connectivity index is 1.80. The molecule has 1 aliphatic rings. The highest BCUT2D eigenvalue weighted by Crippen LogP contribution is 2.17. The van der Waals surface area contributed by atoms with Gasteiger partial charge in [0.1, 0.15) is 0 Å². The summed E-state index contributed by atoms with van der Waals surface area (Å²) in [6, 6.07) is 0.439. The Labute approximate surface area is 94.9 Å². The van der Waals surface area contributed by atoms with E-state index in [4.69, 9.17) is 4.74 Å². The summed E-state index contributed by atoms with van der Waals surface area (Å²) in [5.74, 6) is 0. The van der Waals surface area contributed by atoms with Gasteiger partial charge in [0, 0.05) is 24.1 Å². The smallest absolute Gasteiger partial charge is 0.0798 e. The largest absolute Gasteiger partial charge is 0.377 e. The summed E-state index contributed by atoms with van der Waals surface area (Å²) in [6.07, 6.45) is 2.80. The highest BCUT2D eigenvalue weighted by atomic mass is 32.1. The molecule has 84 valence electrons. The van der Waals surface area contributed by atoms with Gasteiger partial charge >= 0.3 is 0 Å². The van der Waals surface area contributed by atoms with Crippen molar-refractivity contribution in [3.63, 3.8) is 0 Å². The number of hydrogen-bond acceptors (Lipinski definition) is 4. The maximum absolute atomic E-state index is 5.64. The fourth-order valence-electron chi connectivity index (χ4n) is 1.88. The quantitative estimate of drug-likeness (QED) is 0.854. The van der Waals surface area contributed by atoms with Crippen LogP contribution in [0.15, 0.2) is 5.51 Å². The lowest BCUT2D eigenvalue weighted by atomic mass is 10.1. The molecule has 0 spiro atoms. The van der Waals surface area contributed by atoms with Crippen LogP contribution in [-0.4, -0.2) is 23.7 Å². The van der Waals surface area contributed by atoms with Gasteiger partial charge in [0.25, 0.3) is 0 Å². The minimum atomic E-state index is 0.401. The number of thiazole rings is 1. The summed E-state index contributed by atoms with van der Waals surface area (Å²) in [5, 5.41) is 3.51. The zero-order chi connectivity index (χ0) is 10.7. The van der Waals surface area contributed by atoms with E-state index in [-0.39, 0.29) is 0 Å². The number of hydrogen-bond donors (Lipinski definition) is 1. The molecule has 0 amide bonds. The van der Waals surface area contributed by atoms with Crippen molar-refractivity contribution in [2.45, 2.75) is 45.4 Å². The van der Waals surface area contributed by atoms with Gasteiger partial charge in [0.2, 0.25) is 0 Å². The van der Waals surface area contributed by atoms with Gasteiger partial charge < -0.3 is 10.1 Å². The Morgan fingerprint density at radius 1 is 1.73 bits per heavy atom. The van der Waals surface area contributed by atoms with Gasteiger partial charge in [-0.25, -0.2) is 4.98 Å². The molecule has 4 heteroatoms. The monoisotopic (exact) mass is 226 g/mol.